The number of unbranched alkanes of at least 4 members (excludes halogenated alkanes) is 20. The molecule has 2 aromatic carbocycles. The van der Waals surface area contributed by atoms with Crippen LogP contribution in [0.5, 0.6) is 0 Å². The van der Waals surface area contributed by atoms with Crippen molar-refractivity contribution in [2.24, 2.45) is 0 Å². The average molecular weight is 635 g/mol. The number of hydrogen-bond acceptors (Lipinski definition) is 5. The van der Waals surface area contributed by atoms with E-state index < -0.39 is 10.1 Å². The third-order valence-electron chi connectivity index (χ3n) is 9.03. The molecular weight excluding hydrogens is 575 g/mol. The smallest absolute Gasteiger partial charge is 0.744 e. The molecule has 0 saturated carbocycles. The first-order valence-electron chi connectivity index (χ1n) is 17.7. The van der Waals surface area contributed by atoms with Gasteiger partial charge in [-0.3, -0.25) is 0 Å². The first-order valence-corrected chi connectivity index (χ1v) is 19.1. The average Bonchev–Trinajstić information content (AvgIpc) is 3.34. The summed E-state index contributed by atoms with van der Waals surface area (Å²) in [4.78, 5) is 1.95. The topological polar surface area (TPSA) is 72.5 Å². The van der Waals surface area contributed by atoms with Crippen molar-refractivity contribution in [3.8, 4) is 0 Å². The fraction of sp³-hybridized carbons (Fsp3) is 0.676. The van der Waals surface area contributed by atoms with Crippen molar-refractivity contribution in [2.75, 3.05) is 10.2 Å². The van der Waals surface area contributed by atoms with Gasteiger partial charge >= 0.3 is 29.6 Å². The molecule has 0 amide bonds. The SMILES string of the molecule is CCCCCCCCCCCCCCCCCCCCCCCC1Nc2cccc(S(=O)(=O)[O-])c2N1Cc1ccccc1.[Na+]. The van der Waals surface area contributed by atoms with Gasteiger partial charge in [0.15, 0.2) is 0 Å². The van der Waals surface area contributed by atoms with Crippen LogP contribution in [0.1, 0.15) is 154 Å². The van der Waals surface area contributed by atoms with E-state index in [-0.39, 0.29) is 40.6 Å². The molecule has 0 bridgehead atoms. The third-order valence-corrected chi connectivity index (χ3v) is 9.90. The summed E-state index contributed by atoms with van der Waals surface area (Å²) >= 11 is 0. The van der Waals surface area contributed by atoms with Crippen molar-refractivity contribution < 1.29 is 42.5 Å². The second-order valence-corrected chi connectivity index (χ2v) is 14.1. The summed E-state index contributed by atoms with van der Waals surface area (Å²) < 4.78 is 36.1. The van der Waals surface area contributed by atoms with Gasteiger partial charge in [0.2, 0.25) is 0 Å². The van der Waals surface area contributed by atoms with E-state index in [4.69, 9.17) is 0 Å². The normalized spacial score (nSPS) is 14.3. The number of fused-ring (bicyclic) bond motifs is 1. The summed E-state index contributed by atoms with van der Waals surface area (Å²) in [5, 5.41) is 3.50. The van der Waals surface area contributed by atoms with Gasteiger partial charge in [0.05, 0.1) is 22.4 Å². The van der Waals surface area contributed by atoms with Gasteiger partial charge in [0.1, 0.15) is 10.1 Å². The van der Waals surface area contributed by atoms with E-state index in [1.54, 1.807) is 6.07 Å². The first-order chi connectivity index (χ1) is 21.0. The molecule has 5 nitrogen and oxygen atoms in total. The molecule has 3 rings (SSSR count). The van der Waals surface area contributed by atoms with Gasteiger partial charge in [-0.15, -0.1) is 0 Å². The van der Waals surface area contributed by atoms with Gasteiger partial charge in [-0.1, -0.05) is 172 Å². The van der Waals surface area contributed by atoms with Gasteiger partial charge < -0.3 is 14.8 Å². The molecule has 1 aliphatic heterocycles. The number of anilines is 2. The zero-order valence-electron chi connectivity index (χ0n) is 28.0. The van der Waals surface area contributed by atoms with Crippen LogP contribution in [0, 0.1) is 0 Å². The molecule has 0 aliphatic carbocycles. The van der Waals surface area contributed by atoms with E-state index >= 15 is 0 Å². The maximum atomic E-state index is 12.0. The Morgan fingerprint density at radius 2 is 1.09 bits per heavy atom. The van der Waals surface area contributed by atoms with Crippen LogP contribution in [-0.4, -0.2) is 19.1 Å². The zero-order chi connectivity index (χ0) is 30.6. The number of benzene rings is 2. The van der Waals surface area contributed by atoms with E-state index in [0.29, 0.717) is 12.2 Å². The van der Waals surface area contributed by atoms with E-state index in [2.05, 4.69) is 17.1 Å². The molecule has 1 heterocycles. The van der Waals surface area contributed by atoms with Crippen LogP contribution >= 0.6 is 0 Å². The van der Waals surface area contributed by atoms with Crippen LogP contribution in [0.2, 0.25) is 0 Å². The number of nitrogens with one attached hydrogen (secondary N) is 1. The summed E-state index contributed by atoms with van der Waals surface area (Å²) in [7, 11) is -4.56. The van der Waals surface area contributed by atoms with Gasteiger partial charge in [-0.2, -0.15) is 0 Å². The Morgan fingerprint density at radius 1 is 0.636 bits per heavy atom. The van der Waals surface area contributed by atoms with Crippen molar-refractivity contribution in [3.05, 3.63) is 54.1 Å². The summed E-state index contributed by atoms with van der Waals surface area (Å²) in [5.74, 6) is 0. The van der Waals surface area contributed by atoms with Gasteiger partial charge in [-0.05, 0) is 30.5 Å². The summed E-state index contributed by atoms with van der Waals surface area (Å²) in [5.41, 5.74) is 2.36. The molecule has 2 aromatic rings. The van der Waals surface area contributed by atoms with E-state index in [1.165, 1.54) is 134 Å². The zero-order valence-corrected chi connectivity index (χ0v) is 30.9. The Morgan fingerprint density at radius 3 is 1.55 bits per heavy atom. The monoisotopic (exact) mass is 634 g/mol. The predicted molar refractivity (Wildman–Crippen MR) is 182 cm³/mol. The fourth-order valence-corrected chi connectivity index (χ4v) is 7.23. The molecule has 1 aliphatic rings. The minimum absolute atomic E-state index is 0. The Kier molecular flexibility index (Phi) is 20.7. The second-order valence-electron chi connectivity index (χ2n) is 12.7. The molecule has 0 spiro atoms. The Hall–Kier alpha value is -1.05. The molecule has 1 N–H and O–H groups in total. The number of hydrogen-bond donors (Lipinski definition) is 1. The van der Waals surface area contributed by atoms with Crippen molar-refractivity contribution in [1.82, 2.24) is 0 Å². The summed E-state index contributed by atoms with van der Waals surface area (Å²) in [6.07, 6.45) is 29.7. The molecule has 1 atom stereocenters. The molecule has 0 aromatic heterocycles. The van der Waals surface area contributed by atoms with Crippen molar-refractivity contribution in [3.63, 3.8) is 0 Å². The van der Waals surface area contributed by atoms with Crippen LogP contribution in [0.4, 0.5) is 11.4 Å². The van der Waals surface area contributed by atoms with Crippen LogP contribution in [0.3, 0.4) is 0 Å². The predicted octanol–water partition coefficient (Wildman–Crippen LogP) is 7.96. The number of nitrogens with zero attached hydrogens (tertiary/aromatic N) is 1. The van der Waals surface area contributed by atoms with Crippen molar-refractivity contribution in [1.29, 1.82) is 0 Å². The third kappa shape index (κ3) is 15.0. The standard InChI is InChI=1S/C37H60N2O3S.Na/c1-2-3-4-5-6-7-8-9-10-11-12-13-14-15-16-17-18-19-20-21-25-31-36-38-34-29-26-30-35(43(40,41)42)37(34)39(36)32-33-27-23-22-24-28-33;/h22-24,26-30,36,38H,2-21,25,31-32H2,1H3,(H,40,41,42);/q;+1/p-1. The Labute approximate surface area is 292 Å². The summed E-state index contributed by atoms with van der Waals surface area (Å²) in [6, 6.07) is 15.0. The van der Waals surface area contributed by atoms with Crippen LogP contribution in [0.25, 0.3) is 0 Å². The molecule has 0 fully saturated rings. The van der Waals surface area contributed by atoms with Crippen LogP contribution in [0.15, 0.2) is 53.4 Å². The second kappa shape index (κ2) is 23.3. The quantitative estimate of drug-likeness (QED) is 0.0682. The molecule has 7 heteroatoms. The minimum atomic E-state index is -4.56. The van der Waals surface area contributed by atoms with Crippen LogP contribution < -0.4 is 39.8 Å². The van der Waals surface area contributed by atoms with E-state index in [0.717, 1.165) is 24.1 Å². The summed E-state index contributed by atoms with van der Waals surface area (Å²) in [6.45, 7) is 2.85. The number of para-hydroxylation sites is 1. The first kappa shape index (κ1) is 39.1. The molecule has 242 valence electrons. The maximum Gasteiger partial charge on any atom is 1.00 e. The Bertz CT molecular complexity index is 1110. The molecule has 44 heavy (non-hydrogen) atoms. The van der Waals surface area contributed by atoms with Crippen molar-refractivity contribution >= 4 is 21.5 Å². The van der Waals surface area contributed by atoms with Crippen molar-refractivity contribution in [2.45, 2.75) is 166 Å². The Balaban J connectivity index is 0.00000675. The largest absolute Gasteiger partial charge is 1.00 e. The van der Waals surface area contributed by atoms with Crippen LogP contribution in [-0.2, 0) is 16.7 Å². The minimum Gasteiger partial charge on any atom is -0.744 e. The maximum absolute atomic E-state index is 12.0. The van der Waals surface area contributed by atoms with Gasteiger partial charge in [0, 0.05) is 6.54 Å². The molecular formula is C37H59N2NaO3S. The molecule has 1 unspecified atom stereocenters. The van der Waals surface area contributed by atoms with E-state index in [1.807, 2.05) is 36.4 Å². The van der Waals surface area contributed by atoms with Gasteiger partial charge in [-0.25, -0.2) is 8.42 Å². The fourth-order valence-electron chi connectivity index (χ4n) is 6.52. The molecule has 0 radical (unpaired) electrons. The van der Waals surface area contributed by atoms with E-state index in [9.17, 15) is 13.0 Å². The molecule has 0 saturated heterocycles. The number of rotatable bonds is 25. The van der Waals surface area contributed by atoms with Gasteiger partial charge in [0.25, 0.3) is 0 Å².